The van der Waals surface area contributed by atoms with Crippen LogP contribution >= 0.6 is 0 Å². The SMILES string of the molecule is CCCc1cc2ccccc2[cH-]1.[Br-].[Br-].[Zr+3]. The van der Waals surface area contributed by atoms with Crippen molar-refractivity contribution in [3.05, 3.63) is 42.0 Å². The van der Waals surface area contributed by atoms with E-state index in [1.807, 2.05) is 0 Å². The minimum atomic E-state index is 0. The van der Waals surface area contributed by atoms with Gasteiger partial charge in [0.1, 0.15) is 0 Å². The maximum Gasteiger partial charge on any atom is 3.00 e. The van der Waals surface area contributed by atoms with Crippen molar-refractivity contribution in [2.45, 2.75) is 19.8 Å². The Labute approximate surface area is 131 Å². The van der Waals surface area contributed by atoms with Gasteiger partial charge in [0.2, 0.25) is 0 Å². The Morgan fingerprint density at radius 3 is 2.40 bits per heavy atom. The van der Waals surface area contributed by atoms with Crippen molar-refractivity contribution >= 4 is 10.8 Å². The fraction of sp³-hybridized carbons (Fsp3) is 0.250. The molecule has 1 radical (unpaired) electrons. The first kappa shape index (κ1) is 18.0. The molecule has 0 aliphatic carbocycles. The Kier molecular flexibility index (Phi) is 10.6. The van der Waals surface area contributed by atoms with Crippen LogP contribution in [0, 0.1) is 0 Å². The van der Waals surface area contributed by atoms with Gasteiger partial charge in [0.05, 0.1) is 0 Å². The molecular weight excluding hydrogens is 395 g/mol. The Balaban J connectivity index is 0. The second-order valence-electron chi connectivity index (χ2n) is 3.24. The van der Waals surface area contributed by atoms with Gasteiger partial charge in [-0.1, -0.05) is 19.4 Å². The molecule has 0 saturated carbocycles. The van der Waals surface area contributed by atoms with E-state index in [2.05, 4.69) is 43.3 Å². The average Bonchev–Trinajstić information content (AvgIpc) is 2.47. The number of hydrogen-bond donors (Lipinski definition) is 0. The molecule has 0 aliphatic heterocycles. The molecule has 79 valence electrons. The van der Waals surface area contributed by atoms with E-state index < -0.39 is 0 Å². The van der Waals surface area contributed by atoms with Crippen LogP contribution in [-0.2, 0) is 32.6 Å². The minimum absolute atomic E-state index is 0. The van der Waals surface area contributed by atoms with Gasteiger partial charge in [0.25, 0.3) is 0 Å². The average molecular weight is 408 g/mol. The molecule has 0 aromatic heterocycles. The van der Waals surface area contributed by atoms with Gasteiger partial charge in [0.15, 0.2) is 0 Å². The van der Waals surface area contributed by atoms with Crippen LogP contribution in [0.1, 0.15) is 18.9 Å². The zero-order chi connectivity index (χ0) is 8.39. The molecule has 3 heteroatoms. The first-order valence-electron chi connectivity index (χ1n) is 4.54. The molecule has 0 aliphatic rings. The third-order valence-electron chi connectivity index (χ3n) is 2.22. The van der Waals surface area contributed by atoms with Crippen molar-refractivity contribution in [1.29, 1.82) is 0 Å². The molecular formula is C12H13Br2Zr. The summed E-state index contributed by atoms with van der Waals surface area (Å²) in [4.78, 5) is 0. The van der Waals surface area contributed by atoms with Crippen molar-refractivity contribution < 1.29 is 60.2 Å². The summed E-state index contributed by atoms with van der Waals surface area (Å²) in [6.45, 7) is 2.22. The van der Waals surface area contributed by atoms with Gasteiger partial charge in [-0.05, 0) is 6.42 Å². The Morgan fingerprint density at radius 2 is 1.80 bits per heavy atom. The van der Waals surface area contributed by atoms with Crippen molar-refractivity contribution in [1.82, 2.24) is 0 Å². The largest absolute Gasteiger partial charge is 3.00 e. The van der Waals surface area contributed by atoms with Gasteiger partial charge < -0.3 is 34.0 Å². The van der Waals surface area contributed by atoms with E-state index in [0.29, 0.717) is 0 Å². The number of aryl methyl sites for hydroxylation is 1. The molecule has 15 heavy (non-hydrogen) atoms. The molecule has 2 aromatic carbocycles. The van der Waals surface area contributed by atoms with Crippen LogP contribution in [-0.4, -0.2) is 0 Å². The summed E-state index contributed by atoms with van der Waals surface area (Å²) in [5.74, 6) is 0. The molecule has 0 unspecified atom stereocenters. The van der Waals surface area contributed by atoms with E-state index >= 15 is 0 Å². The molecule has 0 atom stereocenters. The van der Waals surface area contributed by atoms with Gasteiger partial charge >= 0.3 is 26.2 Å². The zero-order valence-corrected chi connectivity index (χ0v) is 14.3. The normalized spacial score (nSPS) is 8.60. The molecule has 0 saturated heterocycles. The Morgan fingerprint density at radius 1 is 1.13 bits per heavy atom. The van der Waals surface area contributed by atoms with Crippen molar-refractivity contribution in [3.8, 4) is 0 Å². The summed E-state index contributed by atoms with van der Waals surface area (Å²) in [6.07, 6.45) is 2.44. The number of fused-ring (bicyclic) bond motifs is 1. The third-order valence-corrected chi connectivity index (χ3v) is 2.22. The predicted octanol–water partition coefficient (Wildman–Crippen LogP) is -2.48. The number of rotatable bonds is 2. The van der Waals surface area contributed by atoms with Gasteiger partial charge in [-0.25, -0.2) is 0 Å². The monoisotopic (exact) mass is 405 g/mol. The van der Waals surface area contributed by atoms with E-state index in [9.17, 15) is 0 Å². The minimum Gasteiger partial charge on any atom is -1.00 e. The molecule has 2 rings (SSSR count). The second kappa shape index (κ2) is 8.78. The Hall–Kier alpha value is 0.673. The first-order chi connectivity index (χ1) is 5.90. The van der Waals surface area contributed by atoms with Crippen LogP contribution in [0.25, 0.3) is 10.8 Å². The van der Waals surface area contributed by atoms with Crippen LogP contribution < -0.4 is 34.0 Å². The first-order valence-corrected chi connectivity index (χ1v) is 4.54. The molecule has 0 fully saturated rings. The third kappa shape index (κ3) is 4.58. The Bertz CT molecular complexity index is 349. The molecule has 0 heterocycles. The summed E-state index contributed by atoms with van der Waals surface area (Å²) in [7, 11) is 0. The quantitative estimate of drug-likeness (QED) is 0.483. The molecule has 0 amide bonds. The molecule has 0 nitrogen and oxygen atoms in total. The summed E-state index contributed by atoms with van der Waals surface area (Å²) in [5, 5.41) is 2.75. The molecule has 0 spiro atoms. The number of hydrogen-bond acceptors (Lipinski definition) is 0. The summed E-state index contributed by atoms with van der Waals surface area (Å²) < 4.78 is 0. The molecule has 2 aromatic rings. The van der Waals surface area contributed by atoms with Crippen LogP contribution in [0.15, 0.2) is 36.4 Å². The fourth-order valence-corrected chi connectivity index (χ4v) is 1.65. The zero-order valence-electron chi connectivity index (χ0n) is 8.63. The molecule has 0 bridgehead atoms. The molecule has 0 N–H and O–H groups in total. The topological polar surface area (TPSA) is 0 Å². The van der Waals surface area contributed by atoms with Gasteiger partial charge in [0, 0.05) is 0 Å². The van der Waals surface area contributed by atoms with Gasteiger partial charge in [-0.2, -0.15) is 6.07 Å². The van der Waals surface area contributed by atoms with E-state index in [1.165, 1.54) is 29.2 Å². The van der Waals surface area contributed by atoms with Crippen molar-refractivity contribution in [3.63, 3.8) is 0 Å². The standard InChI is InChI=1S/C12H13.2BrH.Zr/c1-2-5-10-8-11-6-3-4-7-12(11)9-10;;;/h3-4,6-9H,2,5H2,1H3;2*1H;/q-1;;;+3/p-2. The summed E-state index contributed by atoms with van der Waals surface area (Å²) in [6, 6.07) is 13.1. The number of benzene rings is 1. The maximum absolute atomic E-state index is 2.29. The van der Waals surface area contributed by atoms with E-state index in [-0.39, 0.29) is 60.2 Å². The van der Waals surface area contributed by atoms with E-state index in [1.54, 1.807) is 0 Å². The summed E-state index contributed by atoms with van der Waals surface area (Å²) in [5.41, 5.74) is 1.47. The number of halogens is 2. The van der Waals surface area contributed by atoms with Crippen LogP contribution in [0.5, 0.6) is 0 Å². The van der Waals surface area contributed by atoms with E-state index in [4.69, 9.17) is 0 Å². The van der Waals surface area contributed by atoms with Crippen LogP contribution in [0.4, 0.5) is 0 Å². The fourth-order valence-electron chi connectivity index (χ4n) is 1.65. The van der Waals surface area contributed by atoms with Gasteiger partial charge in [-0.3, -0.25) is 0 Å². The second-order valence-corrected chi connectivity index (χ2v) is 3.24. The van der Waals surface area contributed by atoms with Gasteiger partial charge in [-0.15, -0.1) is 40.6 Å². The summed E-state index contributed by atoms with van der Waals surface area (Å²) >= 11 is 0. The predicted molar refractivity (Wildman–Crippen MR) is 53.5 cm³/mol. The van der Waals surface area contributed by atoms with E-state index in [0.717, 1.165) is 0 Å². The maximum atomic E-state index is 2.29. The van der Waals surface area contributed by atoms with Crippen molar-refractivity contribution in [2.24, 2.45) is 0 Å². The van der Waals surface area contributed by atoms with Crippen molar-refractivity contribution in [2.75, 3.05) is 0 Å². The van der Waals surface area contributed by atoms with Crippen LogP contribution in [0.2, 0.25) is 0 Å². The smallest absolute Gasteiger partial charge is 1.00 e. The van der Waals surface area contributed by atoms with Crippen LogP contribution in [0.3, 0.4) is 0 Å².